The van der Waals surface area contributed by atoms with E-state index in [4.69, 9.17) is 11.6 Å². The van der Waals surface area contributed by atoms with Gasteiger partial charge in [-0.3, -0.25) is 9.59 Å². The van der Waals surface area contributed by atoms with Gasteiger partial charge < -0.3 is 10.3 Å². The minimum absolute atomic E-state index is 0.155. The number of aromatic amines is 1. The molecule has 0 spiro atoms. The predicted molar refractivity (Wildman–Crippen MR) is 130 cm³/mol. The molecule has 0 atom stereocenters. The van der Waals surface area contributed by atoms with E-state index in [0.717, 1.165) is 28.2 Å². The van der Waals surface area contributed by atoms with Gasteiger partial charge in [0.1, 0.15) is 5.82 Å². The van der Waals surface area contributed by atoms with Crippen LogP contribution in [0.1, 0.15) is 29.6 Å². The maximum atomic E-state index is 12.8. The second kappa shape index (κ2) is 9.42. The highest BCUT2D eigenvalue weighted by molar-refractivity contribution is 6.30. The summed E-state index contributed by atoms with van der Waals surface area (Å²) in [6, 6.07) is 16.2. The first-order valence-electron chi connectivity index (χ1n) is 10.7. The first-order valence-corrected chi connectivity index (χ1v) is 11.0. The fraction of sp³-hybridized carbons (Fsp3) is 0.200. The van der Waals surface area contributed by atoms with Crippen LogP contribution in [0.25, 0.3) is 17.1 Å². The minimum Gasteiger partial charge on any atom is -0.326 e. The molecule has 2 aromatic heterocycles. The zero-order valence-electron chi connectivity index (χ0n) is 18.6. The molecule has 168 valence electrons. The smallest absolute Gasteiger partial charge is 0.251 e. The molecule has 2 N–H and O–H groups in total. The first-order chi connectivity index (χ1) is 15.8. The summed E-state index contributed by atoms with van der Waals surface area (Å²) in [5.41, 5.74) is 5.32. The number of amides is 1. The average molecular weight is 462 g/mol. The molecule has 0 bridgehead atoms. The molecule has 0 unspecified atom stereocenters. The normalized spacial score (nSPS) is 10.9. The van der Waals surface area contributed by atoms with Crippen LogP contribution in [0.5, 0.6) is 0 Å². The number of carbonyl (C=O) groups is 1. The van der Waals surface area contributed by atoms with Crippen molar-refractivity contribution in [1.29, 1.82) is 0 Å². The number of anilines is 1. The van der Waals surface area contributed by atoms with Crippen LogP contribution in [-0.4, -0.2) is 25.7 Å². The number of carbonyl (C=O) groups excluding carboxylic acids is 1. The molecule has 0 saturated carbocycles. The van der Waals surface area contributed by atoms with Gasteiger partial charge in [0.15, 0.2) is 0 Å². The molecule has 8 heteroatoms. The summed E-state index contributed by atoms with van der Waals surface area (Å²) in [7, 11) is 0. The van der Waals surface area contributed by atoms with Crippen molar-refractivity contribution in [3.05, 3.63) is 92.6 Å². The zero-order valence-corrected chi connectivity index (χ0v) is 19.4. The van der Waals surface area contributed by atoms with E-state index in [1.807, 2.05) is 61.9 Å². The second-order valence-corrected chi connectivity index (χ2v) is 8.22. The van der Waals surface area contributed by atoms with E-state index in [2.05, 4.69) is 20.4 Å². The number of nitrogens with zero attached hydrogens (tertiary/aromatic N) is 3. The lowest BCUT2D eigenvalue weighted by Gasteiger charge is -2.09. The molecule has 4 rings (SSSR count). The molecule has 2 aromatic carbocycles. The zero-order chi connectivity index (χ0) is 23.5. The highest BCUT2D eigenvalue weighted by atomic mass is 35.5. The van der Waals surface area contributed by atoms with Crippen LogP contribution in [0, 0.1) is 13.8 Å². The Morgan fingerprint density at radius 1 is 1.12 bits per heavy atom. The molecule has 0 aliphatic rings. The number of nitrogens with one attached hydrogen (secondary N) is 2. The standard InChI is InChI=1S/C25H24ClN5O2/c1-4-19-13-23(32)29-25(28-19)17-6-5-7-20(12-17)27-24(33)14-22-15(2)30-31(16(22)3)21-10-8-18(26)9-11-21/h5-13H,4,14H2,1-3H3,(H,27,33)(H,28,29,32). The van der Waals surface area contributed by atoms with E-state index in [1.165, 1.54) is 6.07 Å². The van der Waals surface area contributed by atoms with Crippen molar-refractivity contribution in [3.8, 4) is 17.1 Å². The fourth-order valence-electron chi connectivity index (χ4n) is 3.70. The highest BCUT2D eigenvalue weighted by Gasteiger charge is 2.16. The molecule has 1 amide bonds. The van der Waals surface area contributed by atoms with Gasteiger partial charge in [-0.2, -0.15) is 5.10 Å². The Balaban J connectivity index is 1.53. The molecular weight excluding hydrogens is 438 g/mol. The van der Waals surface area contributed by atoms with E-state index in [-0.39, 0.29) is 17.9 Å². The van der Waals surface area contributed by atoms with E-state index >= 15 is 0 Å². The van der Waals surface area contributed by atoms with Crippen LogP contribution in [-0.2, 0) is 17.6 Å². The van der Waals surface area contributed by atoms with Crippen molar-refractivity contribution in [1.82, 2.24) is 19.7 Å². The largest absolute Gasteiger partial charge is 0.326 e. The Morgan fingerprint density at radius 2 is 1.88 bits per heavy atom. The van der Waals surface area contributed by atoms with Crippen LogP contribution < -0.4 is 10.9 Å². The Kier molecular flexibility index (Phi) is 6.42. The summed E-state index contributed by atoms with van der Waals surface area (Å²) < 4.78 is 1.82. The fourth-order valence-corrected chi connectivity index (χ4v) is 3.83. The van der Waals surface area contributed by atoms with E-state index in [9.17, 15) is 9.59 Å². The van der Waals surface area contributed by atoms with Gasteiger partial charge in [0.25, 0.3) is 5.56 Å². The van der Waals surface area contributed by atoms with Crippen LogP contribution in [0.3, 0.4) is 0 Å². The number of hydrogen-bond donors (Lipinski definition) is 2. The third kappa shape index (κ3) is 5.04. The van der Waals surface area contributed by atoms with Gasteiger partial charge in [0, 0.05) is 39.3 Å². The lowest BCUT2D eigenvalue weighted by atomic mass is 10.1. The first kappa shape index (κ1) is 22.5. The molecule has 0 aliphatic heterocycles. The molecule has 0 fully saturated rings. The Hall–Kier alpha value is -3.71. The van der Waals surface area contributed by atoms with Gasteiger partial charge >= 0.3 is 0 Å². The molecule has 2 heterocycles. The lowest BCUT2D eigenvalue weighted by molar-refractivity contribution is -0.115. The summed E-state index contributed by atoms with van der Waals surface area (Å²) in [6.07, 6.45) is 0.853. The van der Waals surface area contributed by atoms with Crippen molar-refractivity contribution in [2.45, 2.75) is 33.6 Å². The van der Waals surface area contributed by atoms with Gasteiger partial charge in [-0.05, 0) is 56.7 Å². The molecule has 0 saturated heterocycles. The molecular formula is C25H24ClN5O2. The van der Waals surface area contributed by atoms with Crippen molar-refractivity contribution < 1.29 is 4.79 Å². The average Bonchev–Trinajstić information content (AvgIpc) is 3.07. The second-order valence-electron chi connectivity index (χ2n) is 7.78. The minimum atomic E-state index is -0.199. The monoisotopic (exact) mass is 461 g/mol. The van der Waals surface area contributed by atoms with Gasteiger partial charge in [-0.15, -0.1) is 0 Å². The Morgan fingerprint density at radius 3 is 2.61 bits per heavy atom. The van der Waals surface area contributed by atoms with Crippen LogP contribution in [0.4, 0.5) is 5.69 Å². The van der Waals surface area contributed by atoms with Crippen molar-refractivity contribution in [2.24, 2.45) is 0 Å². The number of H-pyrrole nitrogens is 1. The Bertz CT molecular complexity index is 1370. The summed E-state index contributed by atoms with van der Waals surface area (Å²) in [4.78, 5) is 32.0. The quantitative estimate of drug-likeness (QED) is 0.437. The molecule has 0 radical (unpaired) electrons. The molecule has 4 aromatic rings. The number of aryl methyl sites for hydroxylation is 2. The molecule has 33 heavy (non-hydrogen) atoms. The summed E-state index contributed by atoms with van der Waals surface area (Å²) in [6.45, 7) is 5.78. The highest BCUT2D eigenvalue weighted by Crippen LogP contribution is 2.22. The van der Waals surface area contributed by atoms with Crippen molar-refractivity contribution in [3.63, 3.8) is 0 Å². The van der Waals surface area contributed by atoms with Crippen molar-refractivity contribution in [2.75, 3.05) is 5.32 Å². The maximum absolute atomic E-state index is 12.8. The SMILES string of the molecule is CCc1cc(=O)[nH]c(-c2cccc(NC(=O)Cc3c(C)nn(-c4ccc(Cl)cc4)c3C)c2)n1. The van der Waals surface area contributed by atoms with Crippen LogP contribution in [0.15, 0.2) is 59.4 Å². The van der Waals surface area contributed by atoms with Gasteiger partial charge in [0.2, 0.25) is 5.91 Å². The van der Waals surface area contributed by atoms with Crippen molar-refractivity contribution >= 4 is 23.2 Å². The van der Waals surface area contributed by atoms with Gasteiger partial charge in [0.05, 0.1) is 17.8 Å². The topological polar surface area (TPSA) is 92.7 Å². The number of aromatic nitrogens is 4. The van der Waals surface area contributed by atoms with Gasteiger partial charge in [-0.25, -0.2) is 9.67 Å². The third-order valence-electron chi connectivity index (χ3n) is 5.43. The predicted octanol–water partition coefficient (Wildman–Crippen LogP) is 4.64. The third-order valence-corrected chi connectivity index (χ3v) is 5.68. The lowest BCUT2D eigenvalue weighted by Crippen LogP contribution is -2.15. The van der Waals surface area contributed by atoms with E-state index < -0.39 is 0 Å². The summed E-state index contributed by atoms with van der Waals surface area (Å²) >= 11 is 5.99. The number of benzene rings is 2. The molecule has 7 nitrogen and oxygen atoms in total. The van der Waals surface area contributed by atoms with E-state index in [1.54, 1.807) is 12.1 Å². The maximum Gasteiger partial charge on any atom is 0.251 e. The summed E-state index contributed by atoms with van der Waals surface area (Å²) in [5.74, 6) is 0.323. The van der Waals surface area contributed by atoms with Crippen LogP contribution in [0.2, 0.25) is 5.02 Å². The molecule has 0 aliphatic carbocycles. The van der Waals surface area contributed by atoms with Crippen LogP contribution >= 0.6 is 11.6 Å². The summed E-state index contributed by atoms with van der Waals surface area (Å²) in [5, 5.41) is 8.20. The van der Waals surface area contributed by atoms with E-state index in [0.29, 0.717) is 28.6 Å². The Labute approximate surface area is 196 Å². The number of hydrogen-bond acceptors (Lipinski definition) is 4. The number of rotatable bonds is 6. The number of halogens is 1. The van der Waals surface area contributed by atoms with Gasteiger partial charge in [-0.1, -0.05) is 30.7 Å².